The number of carbonyl (C=O) groups is 2. The van der Waals surface area contributed by atoms with Gasteiger partial charge >= 0.3 is 5.97 Å². The van der Waals surface area contributed by atoms with E-state index in [9.17, 15) is 14.7 Å². The van der Waals surface area contributed by atoms with Crippen LogP contribution in [-0.2, 0) is 11.2 Å². The molecule has 0 bridgehead atoms. The Morgan fingerprint density at radius 1 is 0.975 bits per heavy atom. The van der Waals surface area contributed by atoms with Gasteiger partial charge in [-0.2, -0.15) is 0 Å². The Morgan fingerprint density at radius 3 is 2.52 bits per heavy atom. The lowest BCUT2D eigenvalue weighted by molar-refractivity contribution is -0.123. The van der Waals surface area contributed by atoms with Crippen LogP contribution in [0.1, 0.15) is 59.1 Å². The SMILES string of the molecule is CCN(CC)CC(=O)NC(CCc1ccccc1C(=O)O)c1cccc(/C=C/c2ccc3ccc(Cl)cc3n2)c1. The summed E-state index contributed by atoms with van der Waals surface area (Å²) in [5.41, 5.74) is 4.61. The molecule has 7 heteroatoms. The number of aromatic carboxylic acids is 1. The average molecular weight is 556 g/mol. The Bertz CT molecular complexity index is 1510. The van der Waals surface area contributed by atoms with Crippen LogP contribution in [0.5, 0.6) is 0 Å². The number of carboxylic acid groups (broad SMARTS) is 1. The van der Waals surface area contributed by atoms with Crippen molar-refractivity contribution in [3.63, 3.8) is 0 Å². The van der Waals surface area contributed by atoms with E-state index in [0.29, 0.717) is 24.4 Å². The summed E-state index contributed by atoms with van der Waals surface area (Å²) in [5.74, 6) is -1.00. The zero-order valence-electron chi connectivity index (χ0n) is 22.8. The van der Waals surface area contributed by atoms with Gasteiger partial charge in [-0.3, -0.25) is 9.69 Å². The molecule has 2 N–H and O–H groups in total. The number of benzene rings is 3. The first-order valence-electron chi connectivity index (χ1n) is 13.5. The van der Waals surface area contributed by atoms with Gasteiger partial charge in [0.1, 0.15) is 0 Å². The highest BCUT2D eigenvalue weighted by molar-refractivity contribution is 6.31. The molecule has 206 valence electrons. The first kappa shape index (κ1) is 29.0. The normalized spacial score (nSPS) is 12.2. The zero-order chi connectivity index (χ0) is 28.5. The number of rotatable bonds is 12. The number of nitrogens with one attached hydrogen (secondary N) is 1. The summed E-state index contributed by atoms with van der Waals surface area (Å²) in [6.45, 7) is 5.95. The van der Waals surface area contributed by atoms with Gasteiger partial charge in [0, 0.05) is 10.4 Å². The Balaban J connectivity index is 1.57. The first-order chi connectivity index (χ1) is 19.4. The fourth-order valence-electron chi connectivity index (χ4n) is 4.72. The van der Waals surface area contributed by atoms with Crippen molar-refractivity contribution in [1.29, 1.82) is 0 Å². The lowest BCUT2D eigenvalue weighted by atomic mass is 9.95. The monoisotopic (exact) mass is 555 g/mol. The Kier molecular flexibility index (Phi) is 10.1. The highest BCUT2D eigenvalue weighted by Crippen LogP contribution is 2.24. The predicted molar refractivity (Wildman–Crippen MR) is 163 cm³/mol. The molecule has 0 saturated heterocycles. The van der Waals surface area contributed by atoms with E-state index in [1.807, 2.05) is 86.7 Å². The second kappa shape index (κ2) is 13.9. The third-order valence-corrected chi connectivity index (χ3v) is 7.22. The van der Waals surface area contributed by atoms with Crippen LogP contribution in [0, 0.1) is 0 Å². The number of halogens is 1. The van der Waals surface area contributed by atoms with Crippen LogP contribution in [0.15, 0.2) is 78.9 Å². The average Bonchev–Trinajstić information content (AvgIpc) is 2.96. The molecule has 0 saturated carbocycles. The largest absolute Gasteiger partial charge is 0.478 e. The summed E-state index contributed by atoms with van der Waals surface area (Å²) in [7, 11) is 0. The van der Waals surface area contributed by atoms with Crippen LogP contribution in [0.3, 0.4) is 0 Å². The summed E-state index contributed by atoms with van der Waals surface area (Å²) in [5, 5.41) is 14.5. The van der Waals surface area contributed by atoms with Gasteiger partial charge < -0.3 is 10.4 Å². The van der Waals surface area contributed by atoms with Crippen LogP contribution >= 0.6 is 11.6 Å². The van der Waals surface area contributed by atoms with E-state index in [4.69, 9.17) is 16.6 Å². The Labute approximate surface area is 240 Å². The number of aromatic nitrogens is 1. The number of fused-ring (bicyclic) bond motifs is 1. The highest BCUT2D eigenvalue weighted by atomic mass is 35.5. The molecule has 1 unspecified atom stereocenters. The maximum absolute atomic E-state index is 13.0. The van der Waals surface area contributed by atoms with Gasteiger partial charge in [-0.25, -0.2) is 9.78 Å². The molecule has 0 radical (unpaired) electrons. The van der Waals surface area contributed by atoms with Crippen molar-refractivity contribution in [2.45, 2.75) is 32.7 Å². The topological polar surface area (TPSA) is 82.5 Å². The van der Waals surface area contributed by atoms with Crippen molar-refractivity contribution in [2.75, 3.05) is 19.6 Å². The van der Waals surface area contributed by atoms with Crippen molar-refractivity contribution in [3.8, 4) is 0 Å². The summed E-state index contributed by atoms with van der Waals surface area (Å²) >= 11 is 6.14. The van der Waals surface area contributed by atoms with Gasteiger partial charge in [-0.1, -0.05) is 80.1 Å². The van der Waals surface area contributed by atoms with E-state index < -0.39 is 5.97 Å². The van der Waals surface area contributed by atoms with Crippen molar-refractivity contribution in [3.05, 3.63) is 112 Å². The minimum absolute atomic E-state index is 0.0554. The number of likely N-dealkylation sites (N-methyl/N-ethyl adjacent to an activating group) is 1. The number of pyridine rings is 1. The van der Waals surface area contributed by atoms with Gasteiger partial charge in [0.15, 0.2) is 0 Å². The van der Waals surface area contributed by atoms with E-state index in [0.717, 1.165) is 46.4 Å². The quantitative estimate of drug-likeness (QED) is 0.199. The molecule has 3 aromatic carbocycles. The number of carboxylic acids is 1. The molecule has 0 spiro atoms. The fourth-order valence-corrected chi connectivity index (χ4v) is 4.89. The van der Waals surface area contributed by atoms with Crippen LogP contribution in [0.4, 0.5) is 0 Å². The minimum Gasteiger partial charge on any atom is -0.478 e. The van der Waals surface area contributed by atoms with E-state index >= 15 is 0 Å². The standard InChI is InChI=1S/C33H34ClN3O3/c1-3-37(4-2)22-32(38)36-30(19-15-24-9-5-6-11-29(24)33(39)40)26-10-7-8-23(20-26)12-17-28-18-14-25-13-16-27(34)21-31(25)35-28/h5-14,16-18,20-21,30H,3-4,15,19,22H2,1-2H3,(H,36,38)(H,39,40)/b17-12+. The van der Waals surface area contributed by atoms with E-state index in [-0.39, 0.29) is 17.5 Å². The van der Waals surface area contributed by atoms with Gasteiger partial charge in [0.2, 0.25) is 5.91 Å². The molecule has 1 amide bonds. The second-order valence-corrected chi connectivity index (χ2v) is 10.1. The number of hydrogen-bond acceptors (Lipinski definition) is 4. The molecule has 0 aliphatic carbocycles. The van der Waals surface area contributed by atoms with E-state index in [1.165, 1.54) is 0 Å². The van der Waals surface area contributed by atoms with Crippen molar-refractivity contribution in [2.24, 2.45) is 0 Å². The number of hydrogen-bond donors (Lipinski definition) is 2. The van der Waals surface area contributed by atoms with Gasteiger partial charge in [-0.15, -0.1) is 0 Å². The summed E-state index contributed by atoms with van der Waals surface area (Å²) in [6.07, 6.45) is 5.03. The van der Waals surface area contributed by atoms with Crippen molar-refractivity contribution < 1.29 is 14.7 Å². The molecule has 4 rings (SSSR count). The third-order valence-electron chi connectivity index (χ3n) is 6.98. The molecule has 6 nitrogen and oxygen atoms in total. The number of aryl methyl sites for hydroxylation is 1. The molecule has 40 heavy (non-hydrogen) atoms. The molecule has 4 aromatic rings. The fraction of sp³-hybridized carbons (Fsp3) is 0.242. The number of carbonyl (C=O) groups excluding carboxylic acids is 1. The Hall–Kier alpha value is -4.00. The summed E-state index contributed by atoms with van der Waals surface area (Å²) in [6, 6.07) is 24.4. The van der Waals surface area contributed by atoms with Crippen LogP contribution in [-0.4, -0.2) is 46.5 Å². The van der Waals surface area contributed by atoms with Gasteiger partial charge in [0.05, 0.1) is 29.4 Å². The second-order valence-electron chi connectivity index (χ2n) is 9.66. The summed E-state index contributed by atoms with van der Waals surface area (Å²) < 4.78 is 0. The smallest absolute Gasteiger partial charge is 0.335 e. The van der Waals surface area contributed by atoms with E-state index in [2.05, 4.69) is 16.3 Å². The Morgan fingerprint density at radius 2 is 1.75 bits per heavy atom. The van der Waals surface area contributed by atoms with E-state index in [1.54, 1.807) is 12.1 Å². The molecule has 1 heterocycles. The molecular formula is C33H34ClN3O3. The van der Waals surface area contributed by atoms with Crippen LogP contribution in [0.25, 0.3) is 23.1 Å². The molecule has 0 aliphatic rings. The zero-order valence-corrected chi connectivity index (χ0v) is 23.6. The van der Waals surface area contributed by atoms with Gasteiger partial charge in [0.25, 0.3) is 0 Å². The molecule has 1 aromatic heterocycles. The molecule has 0 fully saturated rings. The number of nitrogens with zero attached hydrogens (tertiary/aromatic N) is 2. The predicted octanol–water partition coefficient (Wildman–Crippen LogP) is 6.89. The van der Waals surface area contributed by atoms with Crippen molar-refractivity contribution in [1.82, 2.24) is 15.2 Å². The lowest BCUT2D eigenvalue weighted by Crippen LogP contribution is -2.39. The molecular weight excluding hydrogens is 522 g/mol. The first-order valence-corrected chi connectivity index (χ1v) is 13.9. The van der Waals surface area contributed by atoms with Crippen LogP contribution in [0.2, 0.25) is 5.02 Å². The van der Waals surface area contributed by atoms with Crippen LogP contribution < -0.4 is 5.32 Å². The third kappa shape index (κ3) is 7.78. The maximum Gasteiger partial charge on any atom is 0.335 e. The summed E-state index contributed by atoms with van der Waals surface area (Å²) in [4.78, 5) is 31.5. The van der Waals surface area contributed by atoms with Gasteiger partial charge in [-0.05, 0) is 79.0 Å². The van der Waals surface area contributed by atoms with Crippen molar-refractivity contribution >= 4 is 46.5 Å². The number of amides is 1. The highest BCUT2D eigenvalue weighted by Gasteiger charge is 2.18. The maximum atomic E-state index is 13.0. The molecule has 0 aliphatic heterocycles. The minimum atomic E-state index is -0.950. The lowest BCUT2D eigenvalue weighted by Gasteiger charge is -2.23. The molecule has 1 atom stereocenters.